The van der Waals surface area contributed by atoms with Gasteiger partial charge in [0, 0.05) is 12.8 Å². The van der Waals surface area contributed by atoms with E-state index in [9.17, 15) is 14.7 Å². The second kappa shape index (κ2) is 38.8. The van der Waals surface area contributed by atoms with Crippen LogP contribution in [0, 0.1) is 0 Å². The van der Waals surface area contributed by atoms with Crippen LogP contribution in [0.15, 0.2) is 72.9 Å². The van der Waals surface area contributed by atoms with Crippen LogP contribution in [-0.2, 0) is 19.1 Å². The number of aliphatic hydroxyl groups is 1. The topological polar surface area (TPSA) is 72.8 Å². The van der Waals surface area contributed by atoms with Crippen molar-refractivity contribution in [3.63, 3.8) is 0 Å². The molecule has 0 saturated carbocycles. The number of carbonyl (C=O) groups excluding carboxylic acids is 2. The van der Waals surface area contributed by atoms with Crippen LogP contribution in [0.5, 0.6) is 0 Å². The molecule has 0 fully saturated rings. The molecule has 0 aromatic heterocycles. The molecular formula is C43H72O5. The molecule has 0 heterocycles. The fraction of sp³-hybridized carbons (Fsp3) is 0.674. The summed E-state index contributed by atoms with van der Waals surface area (Å²) in [5, 5.41) is 9.54. The lowest BCUT2D eigenvalue weighted by Crippen LogP contribution is -2.28. The van der Waals surface area contributed by atoms with Gasteiger partial charge in [-0.2, -0.15) is 0 Å². The predicted octanol–water partition coefficient (Wildman–Crippen LogP) is 12.2. The van der Waals surface area contributed by atoms with Crippen molar-refractivity contribution in [2.45, 2.75) is 174 Å². The lowest BCUT2D eigenvalue weighted by molar-refractivity contribution is -0.161. The lowest BCUT2D eigenvalue weighted by atomic mass is 10.1. The summed E-state index contributed by atoms with van der Waals surface area (Å²) in [6.07, 6.45) is 51.0. The Morgan fingerprint density at radius 3 is 1.35 bits per heavy atom. The van der Waals surface area contributed by atoms with Crippen LogP contribution in [0.4, 0.5) is 0 Å². The van der Waals surface area contributed by atoms with Gasteiger partial charge in [0.1, 0.15) is 6.61 Å². The van der Waals surface area contributed by atoms with E-state index in [0.717, 1.165) is 64.2 Å². The summed E-state index contributed by atoms with van der Waals surface area (Å²) in [6.45, 7) is 4.02. The van der Waals surface area contributed by atoms with E-state index in [1.807, 2.05) is 0 Å². The van der Waals surface area contributed by atoms with Crippen molar-refractivity contribution < 1.29 is 24.2 Å². The van der Waals surface area contributed by atoms with Gasteiger partial charge in [-0.25, -0.2) is 0 Å². The molecule has 0 aliphatic carbocycles. The zero-order valence-corrected chi connectivity index (χ0v) is 31.0. The van der Waals surface area contributed by atoms with Gasteiger partial charge in [0.05, 0.1) is 6.61 Å². The third-order valence-electron chi connectivity index (χ3n) is 7.97. The van der Waals surface area contributed by atoms with Crippen LogP contribution in [0.1, 0.15) is 168 Å². The second-order valence-electron chi connectivity index (χ2n) is 12.6. The Balaban J connectivity index is 3.72. The number of hydrogen-bond donors (Lipinski definition) is 1. The molecule has 0 rings (SSSR count). The summed E-state index contributed by atoms with van der Waals surface area (Å²) in [6, 6.07) is 0. The van der Waals surface area contributed by atoms with Gasteiger partial charge in [-0.05, 0) is 83.5 Å². The van der Waals surface area contributed by atoms with Gasteiger partial charge < -0.3 is 14.6 Å². The van der Waals surface area contributed by atoms with Gasteiger partial charge >= 0.3 is 11.9 Å². The molecule has 5 nitrogen and oxygen atoms in total. The first-order valence-corrected chi connectivity index (χ1v) is 19.5. The summed E-state index contributed by atoms with van der Waals surface area (Å²) < 4.78 is 10.5. The molecule has 274 valence electrons. The van der Waals surface area contributed by atoms with Crippen molar-refractivity contribution >= 4 is 11.9 Å². The summed E-state index contributed by atoms with van der Waals surface area (Å²) in [5.41, 5.74) is 0. The van der Waals surface area contributed by atoms with Crippen LogP contribution in [0.25, 0.3) is 0 Å². The highest BCUT2D eigenvalue weighted by Gasteiger charge is 2.15. The van der Waals surface area contributed by atoms with E-state index in [0.29, 0.717) is 12.8 Å². The highest BCUT2D eigenvalue weighted by atomic mass is 16.6. The number of carbonyl (C=O) groups is 2. The Kier molecular flexibility index (Phi) is 36.6. The standard InChI is InChI=1S/C43H72O5/c1-3-5-7-9-11-13-15-17-19-21-23-25-27-29-31-33-35-37-42(45)47-40-41(39-44)48-43(46)38-36-34-32-30-28-26-24-22-20-18-16-14-12-10-8-6-4-2/h11,13,17-20,23-26,30,32,41,44H,3-10,12,14-16,21-22,27-29,31,33-40H2,1-2H3/t41-/m0/s1. The van der Waals surface area contributed by atoms with Crippen molar-refractivity contribution in [2.75, 3.05) is 13.2 Å². The molecule has 0 aromatic carbocycles. The highest BCUT2D eigenvalue weighted by Crippen LogP contribution is 2.10. The van der Waals surface area contributed by atoms with Gasteiger partial charge in [0.25, 0.3) is 0 Å². The third-order valence-corrected chi connectivity index (χ3v) is 7.97. The molecule has 0 bridgehead atoms. The third kappa shape index (κ3) is 36.2. The summed E-state index contributed by atoms with van der Waals surface area (Å²) in [5.74, 6) is -0.683. The van der Waals surface area contributed by atoms with Crippen LogP contribution < -0.4 is 0 Å². The molecule has 1 N–H and O–H groups in total. The Morgan fingerprint density at radius 1 is 0.479 bits per heavy atom. The Labute approximate surface area is 295 Å². The van der Waals surface area contributed by atoms with Crippen LogP contribution in [0.2, 0.25) is 0 Å². The largest absolute Gasteiger partial charge is 0.462 e. The Morgan fingerprint density at radius 2 is 0.854 bits per heavy atom. The number of esters is 2. The molecular weight excluding hydrogens is 596 g/mol. The van der Waals surface area contributed by atoms with E-state index in [4.69, 9.17) is 9.47 Å². The van der Waals surface area contributed by atoms with Crippen LogP contribution >= 0.6 is 0 Å². The number of rotatable bonds is 34. The molecule has 0 aliphatic heterocycles. The predicted molar refractivity (Wildman–Crippen MR) is 205 cm³/mol. The van der Waals surface area contributed by atoms with E-state index in [1.54, 1.807) is 0 Å². The lowest BCUT2D eigenvalue weighted by Gasteiger charge is -2.15. The van der Waals surface area contributed by atoms with Crippen molar-refractivity contribution in [2.24, 2.45) is 0 Å². The zero-order chi connectivity index (χ0) is 35.0. The molecule has 0 saturated heterocycles. The molecule has 0 aromatic rings. The summed E-state index contributed by atoms with van der Waals surface area (Å²) >= 11 is 0. The van der Waals surface area contributed by atoms with E-state index in [1.165, 1.54) is 70.6 Å². The normalized spacial score (nSPS) is 13.0. The van der Waals surface area contributed by atoms with Crippen molar-refractivity contribution in [3.8, 4) is 0 Å². The van der Waals surface area contributed by atoms with Crippen LogP contribution in [-0.4, -0.2) is 36.4 Å². The first-order valence-electron chi connectivity index (χ1n) is 19.5. The molecule has 0 aliphatic rings. The average molecular weight is 669 g/mol. The van der Waals surface area contributed by atoms with Crippen molar-refractivity contribution in [1.29, 1.82) is 0 Å². The molecule has 0 unspecified atom stereocenters. The van der Waals surface area contributed by atoms with Gasteiger partial charge in [-0.15, -0.1) is 0 Å². The zero-order valence-electron chi connectivity index (χ0n) is 31.0. The molecule has 5 heteroatoms. The number of aliphatic hydroxyl groups excluding tert-OH is 1. The SMILES string of the molecule is CCCCCC=CCC=CCC=CCCCCCCC(=O)OC[C@H](CO)OC(=O)CCCC=CCC=CCC=CCCCCCCCC. The molecule has 0 spiro atoms. The minimum Gasteiger partial charge on any atom is -0.462 e. The monoisotopic (exact) mass is 669 g/mol. The van der Waals surface area contributed by atoms with Gasteiger partial charge in [-0.3, -0.25) is 9.59 Å². The number of unbranched alkanes of at least 4 members (excludes halogenated alkanes) is 14. The molecule has 0 radical (unpaired) electrons. The van der Waals surface area contributed by atoms with Gasteiger partial charge in [0.15, 0.2) is 6.10 Å². The van der Waals surface area contributed by atoms with Gasteiger partial charge in [0.2, 0.25) is 0 Å². The van der Waals surface area contributed by atoms with E-state index >= 15 is 0 Å². The minimum atomic E-state index is -0.810. The molecule has 48 heavy (non-hydrogen) atoms. The highest BCUT2D eigenvalue weighted by molar-refractivity contribution is 5.70. The number of hydrogen-bond acceptors (Lipinski definition) is 5. The van der Waals surface area contributed by atoms with Crippen LogP contribution in [0.3, 0.4) is 0 Å². The van der Waals surface area contributed by atoms with Crippen molar-refractivity contribution in [3.05, 3.63) is 72.9 Å². The maximum absolute atomic E-state index is 12.1. The smallest absolute Gasteiger partial charge is 0.306 e. The summed E-state index contributed by atoms with van der Waals surface area (Å²) in [4.78, 5) is 24.2. The fourth-order valence-corrected chi connectivity index (χ4v) is 4.99. The fourth-order valence-electron chi connectivity index (χ4n) is 4.99. The summed E-state index contributed by atoms with van der Waals surface area (Å²) in [7, 11) is 0. The first-order chi connectivity index (χ1) is 23.6. The minimum absolute atomic E-state index is 0.101. The first kappa shape index (κ1) is 45.3. The molecule has 1 atom stereocenters. The molecule has 0 amide bonds. The number of ether oxygens (including phenoxy) is 2. The number of allylic oxidation sites excluding steroid dienone is 12. The Bertz CT molecular complexity index is 895. The second-order valence-corrected chi connectivity index (χ2v) is 12.6. The van der Waals surface area contributed by atoms with E-state index in [-0.39, 0.29) is 31.6 Å². The van der Waals surface area contributed by atoms with Gasteiger partial charge in [-0.1, -0.05) is 145 Å². The maximum Gasteiger partial charge on any atom is 0.306 e. The van der Waals surface area contributed by atoms with E-state index < -0.39 is 6.10 Å². The average Bonchev–Trinajstić information content (AvgIpc) is 3.09. The van der Waals surface area contributed by atoms with Crippen molar-refractivity contribution in [1.82, 2.24) is 0 Å². The quantitative estimate of drug-likeness (QED) is 0.0420. The maximum atomic E-state index is 12.1. The van der Waals surface area contributed by atoms with E-state index in [2.05, 4.69) is 86.8 Å². The Hall–Kier alpha value is -2.66.